The van der Waals surface area contributed by atoms with Gasteiger partial charge in [0.1, 0.15) is 0 Å². The van der Waals surface area contributed by atoms with Crippen LogP contribution in [0, 0.1) is 0 Å². The summed E-state index contributed by atoms with van der Waals surface area (Å²) >= 11 is 1.44. The molecule has 17 heavy (non-hydrogen) atoms. The number of imidazole rings is 1. The molecule has 1 aliphatic heterocycles. The number of hydrogen-bond acceptors (Lipinski definition) is 4. The molecule has 0 atom stereocenters. The lowest BCUT2D eigenvalue weighted by Gasteiger charge is -2.13. The minimum atomic E-state index is -0.946. The van der Waals surface area contributed by atoms with Crippen molar-refractivity contribution in [2.45, 2.75) is 24.4 Å². The zero-order valence-corrected chi connectivity index (χ0v) is 10.7. The van der Waals surface area contributed by atoms with Gasteiger partial charge in [0.2, 0.25) is 0 Å². The molecule has 2 N–H and O–H groups in total. The van der Waals surface area contributed by atoms with E-state index in [1.807, 2.05) is 6.26 Å². The highest BCUT2D eigenvalue weighted by atomic mass is 32.2. The summed E-state index contributed by atoms with van der Waals surface area (Å²) in [7, 11) is 0. The van der Waals surface area contributed by atoms with E-state index >= 15 is 0 Å². The van der Waals surface area contributed by atoms with Gasteiger partial charge >= 0.3 is 5.97 Å². The third kappa shape index (κ3) is 3.01. The van der Waals surface area contributed by atoms with Gasteiger partial charge in [-0.15, -0.1) is 0 Å². The number of aromatic amines is 1. The molecule has 1 fully saturated rings. The maximum atomic E-state index is 11.0. The van der Waals surface area contributed by atoms with Crippen molar-refractivity contribution >= 4 is 17.7 Å². The van der Waals surface area contributed by atoms with Gasteiger partial charge in [0.25, 0.3) is 0 Å². The van der Waals surface area contributed by atoms with Crippen molar-refractivity contribution in [1.29, 1.82) is 0 Å². The number of carboxylic acids is 1. The maximum absolute atomic E-state index is 11.0. The molecule has 1 aromatic heterocycles. The highest BCUT2D eigenvalue weighted by Gasteiger charge is 2.18. The number of rotatable bonds is 5. The topological polar surface area (TPSA) is 69.2 Å². The molecule has 6 heteroatoms. The number of likely N-dealkylation sites (tertiary alicyclic amines) is 1. The average molecular weight is 255 g/mol. The SMILES string of the molecule is CSc1nc(C(=O)O)c(CCN2CCCC2)[nH]1. The first kappa shape index (κ1) is 12.4. The van der Waals surface area contributed by atoms with Crippen molar-refractivity contribution in [3.8, 4) is 0 Å². The van der Waals surface area contributed by atoms with Crippen LogP contribution in [0.25, 0.3) is 0 Å². The van der Waals surface area contributed by atoms with Crippen molar-refractivity contribution in [2.24, 2.45) is 0 Å². The molecule has 1 aliphatic rings. The van der Waals surface area contributed by atoms with E-state index in [1.54, 1.807) is 0 Å². The fourth-order valence-corrected chi connectivity index (χ4v) is 2.52. The lowest BCUT2D eigenvalue weighted by Crippen LogP contribution is -2.22. The third-order valence-corrected chi connectivity index (χ3v) is 3.61. The Morgan fingerprint density at radius 1 is 1.53 bits per heavy atom. The van der Waals surface area contributed by atoms with Gasteiger partial charge in [0.15, 0.2) is 10.9 Å². The largest absolute Gasteiger partial charge is 0.476 e. The molecule has 2 rings (SSSR count). The third-order valence-electron chi connectivity index (χ3n) is 3.03. The monoisotopic (exact) mass is 255 g/mol. The van der Waals surface area contributed by atoms with Crippen LogP contribution in [0.2, 0.25) is 0 Å². The van der Waals surface area contributed by atoms with Crippen LogP contribution in [-0.4, -0.2) is 51.8 Å². The van der Waals surface area contributed by atoms with Crippen molar-refractivity contribution in [1.82, 2.24) is 14.9 Å². The van der Waals surface area contributed by atoms with Gasteiger partial charge in [-0.05, 0) is 32.2 Å². The standard InChI is InChI=1S/C11H17N3O2S/c1-17-11-12-8(9(13-11)10(15)16)4-7-14-5-2-3-6-14/h2-7H2,1H3,(H,12,13)(H,15,16). The second-order valence-electron chi connectivity index (χ2n) is 4.18. The predicted molar refractivity (Wildman–Crippen MR) is 66.7 cm³/mol. The Morgan fingerprint density at radius 3 is 2.82 bits per heavy atom. The summed E-state index contributed by atoms with van der Waals surface area (Å²) in [5.74, 6) is -0.946. The molecule has 2 heterocycles. The molecule has 1 saturated heterocycles. The van der Waals surface area contributed by atoms with E-state index in [1.165, 1.54) is 24.6 Å². The maximum Gasteiger partial charge on any atom is 0.356 e. The number of aromatic nitrogens is 2. The normalized spacial score (nSPS) is 16.5. The summed E-state index contributed by atoms with van der Waals surface area (Å²) in [5, 5.41) is 9.74. The van der Waals surface area contributed by atoms with Gasteiger partial charge in [-0.2, -0.15) is 0 Å². The Labute approximate surface area is 105 Å². The summed E-state index contributed by atoms with van der Waals surface area (Å²) in [6, 6.07) is 0. The fraction of sp³-hybridized carbons (Fsp3) is 0.636. The molecule has 0 unspecified atom stereocenters. The Kier molecular flexibility index (Phi) is 4.06. The zero-order chi connectivity index (χ0) is 12.3. The molecule has 0 bridgehead atoms. The molecule has 0 spiro atoms. The molecular weight excluding hydrogens is 238 g/mol. The second kappa shape index (κ2) is 5.55. The van der Waals surface area contributed by atoms with Crippen LogP contribution in [0.15, 0.2) is 5.16 Å². The number of nitrogens with one attached hydrogen (secondary N) is 1. The fourth-order valence-electron chi connectivity index (χ4n) is 2.12. The van der Waals surface area contributed by atoms with Crippen LogP contribution in [0.1, 0.15) is 29.0 Å². The Balaban J connectivity index is 2.02. The Hall–Kier alpha value is -1.01. The van der Waals surface area contributed by atoms with Crippen LogP contribution in [-0.2, 0) is 6.42 Å². The van der Waals surface area contributed by atoms with Gasteiger partial charge in [-0.3, -0.25) is 0 Å². The zero-order valence-electron chi connectivity index (χ0n) is 9.90. The van der Waals surface area contributed by atoms with Crippen molar-refractivity contribution in [2.75, 3.05) is 25.9 Å². The first-order valence-corrected chi connectivity index (χ1v) is 7.01. The lowest BCUT2D eigenvalue weighted by molar-refractivity contribution is 0.0689. The molecule has 94 valence electrons. The van der Waals surface area contributed by atoms with Crippen LogP contribution < -0.4 is 0 Å². The molecule has 0 amide bonds. The molecule has 0 aromatic carbocycles. The first-order valence-electron chi connectivity index (χ1n) is 5.79. The molecule has 0 aliphatic carbocycles. The number of aromatic carboxylic acids is 1. The highest BCUT2D eigenvalue weighted by molar-refractivity contribution is 7.98. The van der Waals surface area contributed by atoms with E-state index in [0.717, 1.165) is 31.7 Å². The predicted octanol–water partition coefficient (Wildman–Crippen LogP) is 1.47. The number of nitrogens with zero attached hydrogens (tertiary/aromatic N) is 2. The van der Waals surface area contributed by atoms with Gasteiger partial charge < -0.3 is 15.0 Å². The quantitative estimate of drug-likeness (QED) is 0.780. The number of H-pyrrole nitrogens is 1. The van der Waals surface area contributed by atoms with Crippen LogP contribution in [0.4, 0.5) is 0 Å². The Bertz CT molecular complexity index is 399. The smallest absolute Gasteiger partial charge is 0.356 e. The van der Waals surface area contributed by atoms with E-state index in [-0.39, 0.29) is 5.69 Å². The lowest BCUT2D eigenvalue weighted by atomic mass is 10.2. The van der Waals surface area contributed by atoms with Crippen LogP contribution in [0.5, 0.6) is 0 Å². The minimum Gasteiger partial charge on any atom is -0.476 e. The number of hydrogen-bond donors (Lipinski definition) is 2. The van der Waals surface area contributed by atoms with Crippen molar-refractivity contribution in [3.63, 3.8) is 0 Å². The summed E-state index contributed by atoms with van der Waals surface area (Å²) in [6.45, 7) is 3.17. The second-order valence-corrected chi connectivity index (χ2v) is 4.97. The van der Waals surface area contributed by atoms with E-state index in [4.69, 9.17) is 5.11 Å². The number of thioether (sulfide) groups is 1. The summed E-state index contributed by atoms with van der Waals surface area (Å²) in [5.41, 5.74) is 0.919. The average Bonchev–Trinajstić information content (AvgIpc) is 2.95. The highest BCUT2D eigenvalue weighted by Crippen LogP contribution is 2.16. The molecule has 1 aromatic rings. The van der Waals surface area contributed by atoms with Crippen molar-refractivity contribution in [3.05, 3.63) is 11.4 Å². The van der Waals surface area contributed by atoms with Gasteiger partial charge in [0.05, 0.1) is 5.69 Å². The van der Waals surface area contributed by atoms with E-state index in [9.17, 15) is 4.79 Å². The Morgan fingerprint density at radius 2 is 2.24 bits per heavy atom. The molecule has 5 nitrogen and oxygen atoms in total. The van der Waals surface area contributed by atoms with Gasteiger partial charge in [-0.25, -0.2) is 9.78 Å². The van der Waals surface area contributed by atoms with Gasteiger partial charge in [0, 0.05) is 13.0 Å². The van der Waals surface area contributed by atoms with Crippen LogP contribution in [0.3, 0.4) is 0 Å². The summed E-state index contributed by atoms with van der Waals surface area (Å²) in [4.78, 5) is 20.6. The molecule has 0 radical (unpaired) electrons. The minimum absolute atomic E-state index is 0.175. The summed E-state index contributed by atoms with van der Waals surface area (Å²) in [6.07, 6.45) is 5.12. The van der Waals surface area contributed by atoms with E-state index in [0.29, 0.717) is 5.16 Å². The number of carbonyl (C=O) groups is 1. The van der Waals surface area contributed by atoms with E-state index < -0.39 is 5.97 Å². The first-order chi connectivity index (χ1) is 8.20. The van der Waals surface area contributed by atoms with E-state index in [2.05, 4.69) is 14.9 Å². The van der Waals surface area contributed by atoms with Crippen molar-refractivity contribution < 1.29 is 9.90 Å². The molecular formula is C11H17N3O2S. The summed E-state index contributed by atoms with van der Waals surface area (Å²) < 4.78 is 0. The van der Waals surface area contributed by atoms with Gasteiger partial charge in [-0.1, -0.05) is 11.8 Å². The number of carboxylic acid groups (broad SMARTS) is 1. The van der Waals surface area contributed by atoms with Crippen LogP contribution >= 0.6 is 11.8 Å². The molecule has 0 saturated carbocycles.